The smallest absolute Gasteiger partial charge is 0.251 e. The first kappa shape index (κ1) is 14.7. The van der Waals surface area contributed by atoms with E-state index in [4.69, 9.17) is 0 Å². The third-order valence-corrected chi connectivity index (χ3v) is 4.77. The van der Waals surface area contributed by atoms with E-state index in [0.717, 1.165) is 6.42 Å². The van der Waals surface area contributed by atoms with E-state index in [1.165, 1.54) is 12.1 Å². The molecular weight excluding hydrogens is 250 g/mol. The summed E-state index contributed by atoms with van der Waals surface area (Å²) >= 11 is 0. The highest BCUT2D eigenvalue weighted by Crippen LogP contribution is 2.16. The lowest BCUT2D eigenvalue weighted by molar-refractivity contribution is 0.0953. The molecule has 1 aromatic rings. The lowest BCUT2D eigenvalue weighted by Gasteiger charge is -2.08. The first-order valence-electron chi connectivity index (χ1n) is 6.01. The summed E-state index contributed by atoms with van der Waals surface area (Å²) < 4.78 is 23.8. The Morgan fingerprint density at radius 3 is 2.22 bits per heavy atom. The van der Waals surface area contributed by atoms with Crippen LogP contribution in [0.1, 0.15) is 37.6 Å². The molecule has 0 aliphatic heterocycles. The second-order valence-corrected chi connectivity index (χ2v) is 6.88. The Hall–Kier alpha value is -1.36. The Morgan fingerprint density at radius 1 is 1.22 bits per heavy atom. The van der Waals surface area contributed by atoms with Crippen LogP contribution in [-0.2, 0) is 9.84 Å². The lowest BCUT2D eigenvalue weighted by atomic mass is 10.2. The van der Waals surface area contributed by atoms with Gasteiger partial charge in [-0.3, -0.25) is 4.79 Å². The Kier molecular flexibility index (Phi) is 4.90. The fourth-order valence-electron chi connectivity index (χ4n) is 1.41. The molecule has 0 atom stereocenters. The predicted molar refractivity (Wildman–Crippen MR) is 71.4 cm³/mol. The molecule has 5 heteroatoms. The average Bonchev–Trinajstić information content (AvgIpc) is 2.35. The average molecular weight is 269 g/mol. The zero-order valence-corrected chi connectivity index (χ0v) is 11.8. The molecule has 1 rings (SSSR count). The Morgan fingerprint density at radius 2 is 1.78 bits per heavy atom. The van der Waals surface area contributed by atoms with Crippen LogP contribution in [0.2, 0.25) is 0 Å². The van der Waals surface area contributed by atoms with Crippen molar-refractivity contribution < 1.29 is 13.2 Å². The van der Waals surface area contributed by atoms with Gasteiger partial charge < -0.3 is 5.32 Å². The van der Waals surface area contributed by atoms with E-state index in [-0.39, 0.29) is 10.8 Å². The van der Waals surface area contributed by atoms with E-state index in [9.17, 15) is 13.2 Å². The van der Waals surface area contributed by atoms with Crippen molar-refractivity contribution in [2.24, 2.45) is 0 Å². The monoisotopic (exact) mass is 269 g/mol. The third-order valence-electron chi connectivity index (χ3n) is 2.60. The minimum Gasteiger partial charge on any atom is -0.352 e. The highest BCUT2D eigenvalue weighted by molar-refractivity contribution is 7.92. The molecule has 100 valence electrons. The molecule has 0 aromatic heterocycles. The van der Waals surface area contributed by atoms with Crippen LogP contribution in [-0.4, -0.2) is 26.1 Å². The molecule has 0 saturated heterocycles. The number of carbonyl (C=O) groups excluding carboxylic acids is 1. The summed E-state index contributed by atoms with van der Waals surface area (Å²) in [5, 5.41) is 2.28. The van der Waals surface area contributed by atoms with Crippen molar-refractivity contribution in [3.05, 3.63) is 29.8 Å². The molecule has 1 aromatic carbocycles. The molecule has 0 unspecified atom stereocenters. The maximum atomic E-state index is 11.9. The number of amides is 1. The number of sulfone groups is 1. The van der Waals surface area contributed by atoms with E-state index in [2.05, 4.69) is 5.32 Å². The van der Waals surface area contributed by atoms with Crippen molar-refractivity contribution in [1.29, 1.82) is 0 Å². The molecule has 0 spiro atoms. The standard InChI is InChI=1S/C13H19NO3S/c1-4-9-14-13(15)11-5-7-12(8-6-11)18(16,17)10(2)3/h5-8,10H,4,9H2,1-3H3,(H,14,15). The Labute approximate surface area is 108 Å². The summed E-state index contributed by atoms with van der Waals surface area (Å²) in [4.78, 5) is 11.9. The van der Waals surface area contributed by atoms with E-state index < -0.39 is 15.1 Å². The van der Waals surface area contributed by atoms with Gasteiger partial charge in [-0.1, -0.05) is 6.92 Å². The third kappa shape index (κ3) is 3.32. The number of rotatable bonds is 5. The zero-order chi connectivity index (χ0) is 13.8. The topological polar surface area (TPSA) is 63.2 Å². The van der Waals surface area contributed by atoms with Crippen molar-refractivity contribution in [3.8, 4) is 0 Å². The van der Waals surface area contributed by atoms with Gasteiger partial charge in [-0.25, -0.2) is 8.42 Å². The van der Waals surface area contributed by atoms with Gasteiger partial charge in [0.2, 0.25) is 0 Å². The minimum atomic E-state index is -3.27. The first-order valence-corrected chi connectivity index (χ1v) is 7.56. The quantitative estimate of drug-likeness (QED) is 0.889. The van der Waals surface area contributed by atoms with Crippen LogP contribution in [0, 0.1) is 0 Å². The van der Waals surface area contributed by atoms with Crippen molar-refractivity contribution in [1.82, 2.24) is 5.32 Å². The Balaban J connectivity index is 2.90. The van der Waals surface area contributed by atoms with E-state index in [1.807, 2.05) is 6.92 Å². The highest BCUT2D eigenvalue weighted by Gasteiger charge is 2.19. The molecule has 0 fully saturated rings. The molecular formula is C13H19NO3S. The molecule has 1 amide bonds. The van der Waals surface area contributed by atoms with Gasteiger partial charge in [-0.05, 0) is 44.5 Å². The minimum absolute atomic E-state index is 0.176. The van der Waals surface area contributed by atoms with Crippen molar-refractivity contribution in [2.45, 2.75) is 37.3 Å². The highest BCUT2D eigenvalue weighted by atomic mass is 32.2. The van der Waals surface area contributed by atoms with Crippen LogP contribution in [0.25, 0.3) is 0 Å². The summed E-state index contributed by atoms with van der Waals surface area (Å²) in [7, 11) is -3.27. The normalized spacial score (nSPS) is 11.6. The van der Waals surface area contributed by atoms with Crippen LogP contribution in [0.5, 0.6) is 0 Å². The van der Waals surface area contributed by atoms with E-state index >= 15 is 0 Å². The van der Waals surface area contributed by atoms with Crippen LogP contribution in [0.4, 0.5) is 0 Å². The van der Waals surface area contributed by atoms with Crippen LogP contribution in [0.3, 0.4) is 0 Å². The van der Waals surface area contributed by atoms with Gasteiger partial charge >= 0.3 is 0 Å². The molecule has 1 N–H and O–H groups in total. The maximum Gasteiger partial charge on any atom is 0.251 e. The summed E-state index contributed by atoms with van der Waals surface area (Å²) in [6.45, 7) is 5.86. The second kappa shape index (κ2) is 6.00. The summed E-state index contributed by atoms with van der Waals surface area (Å²) in [6.07, 6.45) is 0.867. The van der Waals surface area contributed by atoms with Crippen LogP contribution >= 0.6 is 0 Å². The molecule has 0 aliphatic carbocycles. The second-order valence-electron chi connectivity index (χ2n) is 4.37. The SMILES string of the molecule is CCCNC(=O)c1ccc(S(=O)(=O)C(C)C)cc1. The maximum absolute atomic E-state index is 11.9. The summed E-state index contributed by atoms with van der Waals surface area (Å²) in [5.74, 6) is -0.176. The van der Waals surface area contributed by atoms with Crippen LogP contribution in [0.15, 0.2) is 29.2 Å². The van der Waals surface area contributed by atoms with Crippen LogP contribution < -0.4 is 5.32 Å². The van der Waals surface area contributed by atoms with Gasteiger partial charge in [-0.2, -0.15) is 0 Å². The predicted octanol–water partition coefficient (Wildman–Crippen LogP) is 2.01. The Bertz CT molecular complexity index is 504. The van der Waals surface area contributed by atoms with Crippen molar-refractivity contribution in [3.63, 3.8) is 0 Å². The van der Waals surface area contributed by atoms with E-state index in [1.54, 1.807) is 26.0 Å². The summed E-state index contributed by atoms with van der Waals surface area (Å²) in [6, 6.07) is 6.05. The van der Waals surface area contributed by atoms with Crippen molar-refractivity contribution in [2.75, 3.05) is 6.54 Å². The molecule has 0 saturated carbocycles. The molecule has 4 nitrogen and oxygen atoms in total. The van der Waals surface area contributed by atoms with E-state index in [0.29, 0.717) is 12.1 Å². The number of hydrogen-bond donors (Lipinski definition) is 1. The first-order chi connectivity index (χ1) is 8.39. The van der Waals surface area contributed by atoms with Gasteiger partial charge in [-0.15, -0.1) is 0 Å². The largest absolute Gasteiger partial charge is 0.352 e. The zero-order valence-electron chi connectivity index (χ0n) is 10.9. The molecule has 0 radical (unpaired) electrons. The van der Waals surface area contributed by atoms with Gasteiger partial charge in [0.05, 0.1) is 10.1 Å². The van der Waals surface area contributed by atoms with Gasteiger partial charge in [0.1, 0.15) is 0 Å². The molecule has 0 aliphatic rings. The number of benzene rings is 1. The fraction of sp³-hybridized carbons (Fsp3) is 0.462. The number of carbonyl (C=O) groups is 1. The van der Waals surface area contributed by atoms with Crippen molar-refractivity contribution >= 4 is 15.7 Å². The molecule has 18 heavy (non-hydrogen) atoms. The van der Waals surface area contributed by atoms with Gasteiger partial charge in [0, 0.05) is 12.1 Å². The number of nitrogens with one attached hydrogen (secondary N) is 1. The van der Waals surface area contributed by atoms with Gasteiger partial charge in [0.15, 0.2) is 9.84 Å². The fourth-order valence-corrected chi connectivity index (χ4v) is 2.47. The molecule has 0 bridgehead atoms. The van der Waals surface area contributed by atoms with Gasteiger partial charge in [0.25, 0.3) is 5.91 Å². The molecule has 0 heterocycles. The number of hydrogen-bond acceptors (Lipinski definition) is 3. The lowest BCUT2D eigenvalue weighted by Crippen LogP contribution is -2.24. The summed E-state index contributed by atoms with van der Waals surface area (Å²) in [5.41, 5.74) is 0.478.